The van der Waals surface area contributed by atoms with E-state index in [9.17, 15) is 14.7 Å². The topological polar surface area (TPSA) is 86.0 Å². The molecule has 1 aromatic carbocycles. The fourth-order valence-corrected chi connectivity index (χ4v) is 4.31. The first-order chi connectivity index (χ1) is 13.8. The number of aliphatic carboxylic acids is 2. The fourth-order valence-electron chi connectivity index (χ4n) is 3.96. The molecule has 0 saturated carbocycles. The Kier molecular flexibility index (Phi) is 6.77. The first-order valence-corrected chi connectivity index (χ1v) is 10.4. The number of aryl methyl sites for hydroxylation is 1. The van der Waals surface area contributed by atoms with E-state index < -0.39 is 18.0 Å². The highest BCUT2D eigenvalue weighted by Gasteiger charge is 2.32. The number of carbonyl (C=O) groups is 2. The van der Waals surface area contributed by atoms with Gasteiger partial charge in [0.05, 0.1) is 6.42 Å². The lowest BCUT2D eigenvalue weighted by atomic mass is 10.0. The summed E-state index contributed by atoms with van der Waals surface area (Å²) >= 11 is 3.46. The molecule has 2 aromatic rings. The summed E-state index contributed by atoms with van der Waals surface area (Å²) in [5.41, 5.74) is 2.64. The van der Waals surface area contributed by atoms with Crippen molar-refractivity contribution in [1.82, 2.24) is 14.4 Å². The molecular formula is C21H26BrN3O4. The quantitative estimate of drug-likeness (QED) is 0.584. The monoisotopic (exact) mass is 463 g/mol. The van der Waals surface area contributed by atoms with Crippen LogP contribution in [0.25, 0.3) is 10.9 Å². The smallest absolute Gasteiger partial charge is 0.325 e. The lowest BCUT2D eigenvalue weighted by molar-refractivity contribution is -0.144. The molecule has 0 spiro atoms. The van der Waals surface area contributed by atoms with Gasteiger partial charge in [-0.15, -0.1) is 0 Å². The number of benzene rings is 1. The van der Waals surface area contributed by atoms with Gasteiger partial charge in [0.2, 0.25) is 0 Å². The molecule has 8 heteroatoms. The summed E-state index contributed by atoms with van der Waals surface area (Å²) in [6.07, 6.45) is 1.78. The summed E-state index contributed by atoms with van der Waals surface area (Å²) < 4.78 is 2.71. The lowest BCUT2D eigenvalue weighted by Gasteiger charge is -2.37. The molecule has 1 atom stereocenters. The molecule has 156 valence electrons. The molecule has 3 rings (SSSR count). The second kappa shape index (κ2) is 9.11. The van der Waals surface area contributed by atoms with Crippen LogP contribution in [0.5, 0.6) is 0 Å². The Labute approximate surface area is 178 Å². The minimum Gasteiger partial charge on any atom is -0.481 e. The number of rotatable bonds is 8. The number of halogens is 1. The minimum atomic E-state index is -0.890. The Morgan fingerprint density at radius 1 is 1.21 bits per heavy atom. The van der Waals surface area contributed by atoms with Crippen LogP contribution in [-0.2, 0) is 16.1 Å². The van der Waals surface area contributed by atoms with E-state index in [0.717, 1.165) is 40.6 Å². The largest absolute Gasteiger partial charge is 0.481 e. The van der Waals surface area contributed by atoms with Crippen LogP contribution >= 0.6 is 15.9 Å². The second-order valence-corrected chi connectivity index (χ2v) is 8.51. The minimum absolute atomic E-state index is 0.0208. The molecule has 2 heterocycles. The zero-order chi connectivity index (χ0) is 21.1. The van der Waals surface area contributed by atoms with Crippen molar-refractivity contribution < 1.29 is 19.8 Å². The third kappa shape index (κ3) is 5.07. The first-order valence-electron chi connectivity index (χ1n) is 9.60. The summed E-state index contributed by atoms with van der Waals surface area (Å²) in [7, 11) is 0. The average molecular weight is 464 g/mol. The molecule has 0 bridgehead atoms. The van der Waals surface area contributed by atoms with Gasteiger partial charge >= 0.3 is 11.9 Å². The third-order valence-corrected chi connectivity index (χ3v) is 5.73. The standard InChI is InChI=1S/C21H26BrN3O4/c1-14(2)12-23-7-9-24(10-8-23)20(21(28)29)17-13-25(6-5-19(26)27)18-11-15(22)3-4-16(17)18/h3-4,11,13,20H,1,5-10,12H2,2H3,(H,26,27)(H,28,29)/t20-/m0/s1. The van der Waals surface area contributed by atoms with Crippen LogP contribution in [0.2, 0.25) is 0 Å². The normalized spacial score (nSPS) is 16.8. The van der Waals surface area contributed by atoms with Crippen molar-refractivity contribution >= 4 is 38.8 Å². The van der Waals surface area contributed by atoms with E-state index in [4.69, 9.17) is 5.11 Å². The van der Waals surface area contributed by atoms with Crippen LogP contribution in [-0.4, -0.2) is 69.2 Å². The van der Waals surface area contributed by atoms with Crippen LogP contribution in [0.4, 0.5) is 0 Å². The van der Waals surface area contributed by atoms with E-state index in [0.29, 0.717) is 25.2 Å². The van der Waals surface area contributed by atoms with Crippen molar-refractivity contribution in [2.24, 2.45) is 0 Å². The number of carboxylic acid groups (broad SMARTS) is 2. The molecule has 1 fully saturated rings. The van der Waals surface area contributed by atoms with Crippen molar-refractivity contribution in [1.29, 1.82) is 0 Å². The molecule has 29 heavy (non-hydrogen) atoms. The average Bonchev–Trinajstić information content (AvgIpc) is 2.98. The molecule has 0 unspecified atom stereocenters. The molecule has 0 amide bonds. The maximum atomic E-state index is 12.3. The number of carboxylic acids is 2. The Morgan fingerprint density at radius 3 is 2.48 bits per heavy atom. The second-order valence-electron chi connectivity index (χ2n) is 7.59. The summed E-state index contributed by atoms with van der Waals surface area (Å²) in [5.74, 6) is -1.77. The van der Waals surface area contributed by atoms with Gasteiger partial charge in [-0.05, 0) is 19.1 Å². The maximum absolute atomic E-state index is 12.3. The van der Waals surface area contributed by atoms with Crippen molar-refractivity contribution in [3.8, 4) is 0 Å². The van der Waals surface area contributed by atoms with Crippen LogP contribution in [0.1, 0.15) is 24.9 Å². The van der Waals surface area contributed by atoms with Crippen LogP contribution in [0.3, 0.4) is 0 Å². The fraction of sp³-hybridized carbons (Fsp3) is 0.429. The van der Waals surface area contributed by atoms with Gasteiger partial charge in [-0.25, -0.2) is 0 Å². The number of hydrogen-bond donors (Lipinski definition) is 2. The summed E-state index contributed by atoms with van der Waals surface area (Å²) in [5, 5.41) is 20.0. The van der Waals surface area contributed by atoms with Gasteiger partial charge in [0, 0.05) is 66.4 Å². The summed E-state index contributed by atoms with van der Waals surface area (Å²) in [6.45, 7) is 9.97. The lowest BCUT2D eigenvalue weighted by Crippen LogP contribution is -2.49. The van der Waals surface area contributed by atoms with Crippen LogP contribution in [0.15, 0.2) is 41.0 Å². The van der Waals surface area contributed by atoms with Crippen molar-refractivity contribution in [3.05, 3.63) is 46.6 Å². The number of fused-ring (bicyclic) bond motifs is 1. The van der Waals surface area contributed by atoms with Gasteiger partial charge in [-0.3, -0.25) is 19.4 Å². The Balaban J connectivity index is 1.92. The van der Waals surface area contributed by atoms with E-state index in [1.807, 2.05) is 34.6 Å². The number of piperazine rings is 1. The van der Waals surface area contributed by atoms with E-state index >= 15 is 0 Å². The molecular weight excluding hydrogens is 438 g/mol. The van der Waals surface area contributed by atoms with Gasteiger partial charge in [-0.2, -0.15) is 0 Å². The highest BCUT2D eigenvalue weighted by atomic mass is 79.9. The SMILES string of the molecule is C=C(C)CN1CCN([C@H](C(=O)O)c2cn(CCC(=O)O)c3cc(Br)ccc23)CC1. The Hall–Kier alpha value is -2.16. The Bertz CT molecular complexity index is 931. The number of hydrogen-bond acceptors (Lipinski definition) is 4. The highest BCUT2D eigenvalue weighted by molar-refractivity contribution is 9.10. The van der Waals surface area contributed by atoms with E-state index in [1.54, 1.807) is 6.20 Å². The predicted molar refractivity (Wildman–Crippen MR) is 115 cm³/mol. The van der Waals surface area contributed by atoms with E-state index in [-0.39, 0.29) is 6.42 Å². The molecule has 0 radical (unpaired) electrons. The molecule has 1 aliphatic rings. The Morgan fingerprint density at radius 2 is 1.90 bits per heavy atom. The van der Waals surface area contributed by atoms with Gasteiger partial charge in [0.15, 0.2) is 0 Å². The molecule has 1 saturated heterocycles. The van der Waals surface area contributed by atoms with Crippen molar-refractivity contribution in [2.45, 2.75) is 25.9 Å². The van der Waals surface area contributed by atoms with Gasteiger partial charge in [-0.1, -0.05) is 34.1 Å². The van der Waals surface area contributed by atoms with Crippen molar-refractivity contribution in [2.75, 3.05) is 32.7 Å². The van der Waals surface area contributed by atoms with E-state index in [2.05, 4.69) is 27.4 Å². The predicted octanol–water partition coefficient (Wildman–Crippen LogP) is 3.20. The highest BCUT2D eigenvalue weighted by Crippen LogP contribution is 2.33. The molecule has 7 nitrogen and oxygen atoms in total. The van der Waals surface area contributed by atoms with Crippen molar-refractivity contribution in [3.63, 3.8) is 0 Å². The third-order valence-electron chi connectivity index (χ3n) is 5.24. The van der Waals surface area contributed by atoms with Gasteiger partial charge in [0.25, 0.3) is 0 Å². The molecule has 1 aromatic heterocycles. The summed E-state index contributed by atoms with van der Waals surface area (Å²) in [4.78, 5) is 27.6. The molecule has 2 N–H and O–H groups in total. The number of aromatic nitrogens is 1. The van der Waals surface area contributed by atoms with Crippen LogP contribution in [0, 0.1) is 0 Å². The first kappa shape index (κ1) is 21.5. The van der Waals surface area contributed by atoms with Gasteiger partial charge in [0.1, 0.15) is 6.04 Å². The maximum Gasteiger partial charge on any atom is 0.325 e. The number of nitrogens with zero attached hydrogens (tertiary/aromatic N) is 3. The molecule has 1 aliphatic heterocycles. The molecule has 0 aliphatic carbocycles. The zero-order valence-corrected chi connectivity index (χ0v) is 18.1. The van der Waals surface area contributed by atoms with Gasteiger partial charge < -0.3 is 14.8 Å². The van der Waals surface area contributed by atoms with E-state index in [1.165, 1.54) is 0 Å². The zero-order valence-electron chi connectivity index (χ0n) is 16.5. The summed E-state index contributed by atoms with van der Waals surface area (Å²) in [6, 6.07) is 4.93. The van der Waals surface area contributed by atoms with Crippen LogP contribution < -0.4 is 0 Å².